The highest BCUT2D eigenvalue weighted by atomic mass is 35.5. The second-order valence-corrected chi connectivity index (χ2v) is 8.24. The van der Waals surface area contributed by atoms with Gasteiger partial charge in [-0.1, -0.05) is 11.6 Å². The van der Waals surface area contributed by atoms with Gasteiger partial charge in [-0.3, -0.25) is 4.68 Å². The average Bonchev–Trinajstić information content (AvgIpc) is 3.21. The summed E-state index contributed by atoms with van der Waals surface area (Å²) in [6.07, 6.45) is 8.47. The van der Waals surface area contributed by atoms with Gasteiger partial charge in [0.2, 0.25) is 0 Å². The number of carbonyl (C=O) groups excluding carboxylic acids is 1. The van der Waals surface area contributed by atoms with E-state index in [2.05, 4.69) is 15.7 Å². The van der Waals surface area contributed by atoms with Gasteiger partial charge in [0.15, 0.2) is 5.11 Å². The van der Waals surface area contributed by atoms with Crippen LogP contribution in [0.15, 0.2) is 12.4 Å². The van der Waals surface area contributed by atoms with Gasteiger partial charge in [-0.05, 0) is 56.8 Å². The van der Waals surface area contributed by atoms with Crippen LogP contribution in [0.3, 0.4) is 0 Å². The third-order valence-electron chi connectivity index (χ3n) is 4.33. The Morgan fingerprint density at radius 2 is 2.26 bits per heavy atom. The van der Waals surface area contributed by atoms with Crippen molar-refractivity contribution >= 4 is 51.2 Å². The molecule has 146 valence electrons. The van der Waals surface area contributed by atoms with E-state index >= 15 is 0 Å². The molecule has 6 nitrogen and oxygen atoms in total. The van der Waals surface area contributed by atoms with Gasteiger partial charge in [-0.15, -0.1) is 11.3 Å². The van der Waals surface area contributed by atoms with Crippen LogP contribution in [0.2, 0.25) is 5.02 Å². The highest BCUT2D eigenvalue weighted by Gasteiger charge is 2.26. The number of thiophene rings is 1. The molecular weight excluding hydrogens is 404 g/mol. The Balaban J connectivity index is 1.58. The highest BCUT2D eigenvalue weighted by Crippen LogP contribution is 2.38. The molecule has 1 aliphatic rings. The molecule has 27 heavy (non-hydrogen) atoms. The van der Waals surface area contributed by atoms with Crippen molar-refractivity contribution in [2.45, 2.75) is 45.6 Å². The number of hydrogen-bond donors (Lipinski definition) is 2. The first-order valence-electron chi connectivity index (χ1n) is 9.13. The third-order valence-corrected chi connectivity index (χ3v) is 5.98. The van der Waals surface area contributed by atoms with Crippen LogP contribution in [-0.2, 0) is 24.1 Å². The van der Waals surface area contributed by atoms with Crippen LogP contribution >= 0.6 is 35.2 Å². The minimum Gasteiger partial charge on any atom is -0.462 e. The first-order valence-corrected chi connectivity index (χ1v) is 10.7. The number of carbonyl (C=O) groups is 1. The normalized spacial score (nSPS) is 13.1. The standard InChI is InChI=1S/C18H23ClN4O2S2/c1-2-25-17(24)15-13-6-3-4-7-14(13)27-16(15)22-18(26)20-8-5-9-23-11-12(19)10-21-23/h10-11H,2-9H2,1H3,(H2,20,22,26). The number of anilines is 1. The molecule has 0 aromatic carbocycles. The number of ether oxygens (including phenoxy) is 1. The van der Waals surface area contributed by atoms with Crippen molar-refractivity contribution < 1.29 is 9.53 Å². The number of aryl methyl sites for hydroxylation is 2. The largest absolute Gasteiger partial charge is 0.462 e. The molecule has 0 atom stereocenters. The van der Waals surface area contributed by atoms with Crippen molar-refractivity contribution in [3.8, 4) is 0 Å². The molecule has 9 heteroatoms. The molecule has 0 unspecified atom stereocenters. The number of aromatic nitrogens is 2. The number of fused-ring (bicyclic) bond motifs is 1. The van der Waals surface area contributed by atoms with Crippen LogP contribution < -0.4 is 10.6 Å². The van der Waals surface area contributed by atoms with Gasteiger partial charge in [-0.25, -0.2) is 4.79 Å². The second kappa shape index (κ2) is 9.52. The first-order chi connectivity index (χ1) is 13.1. The molecule has 0 saturated carbocycles. The van der Waals surface area contributed by atoms with Gasteiger partial charge in [0.05, 0.1) is 23.4 Å². The van der Waals surface area contributed by atoms with Crippen LogP contribution in [-0.4, -0.2) is 34.0 Å². The zero-order valence-corrected chi connectivity index (χ0v) is 17.6. The van der Waals surface area contributed by atoms with Crippen molar-refractivity contribution in [2.24, 2.45) is 0 Å². The number of rotatable bonds is 7. The Morgan fingerprint density at radius 1 is 1.44 bits per heavy atom. The molecule has 2 N–H and O–H groups in total. The van der Waals surface area contributed by atoms with E-state index in [1.807, 2.05) is 6.92 Å². The predicted octanol–water partition coefficient (Wildman–Crippen LogP) is 4.03. The quantitative estimate of drug-likeness (QED) is 0.396. The topological polar surface area (TPSA) is 68.2 Å². The summed E-state index contributed by atoms with van der Waals surface area (Å²) in [6.45, 7) is 3.64. The van der Waals surface area contributed by atoms with E-state index in [0.29, 0.717) is 28.9 Å². The Bertz CT molecular complexity index is 818. The van der Waals surface area contributed by atoms with Gasteiger partial charge in [0, 0.05) is 24.2 Å². The van der Waals surface area contributed by atoms with Crippen LogP contribution in [0.25, 0.3) is 0 Å². The molecular formula is C18H23ClN4O2S2. The Labute approximate surface area is 173 Å². The minimum atomic E-state index is -0.266. The number of esters is 1. The number of hydrogen-bond acceptors (Lipinski definition) is 5. The molecule has 0 radical (unpaired) electrons. The SMILES string of the molecule is CCOC(=O)c1c(NC(=S)NCCCn2cc(Cl)cn2)sc2c1CCCC2. The van der Waals surface area contributed by atoms with E-state index in [4.69, 9.17) is 28.6 Å². The van der Waals surface area contributed by atoms with Gasteiger partial charge >= 0.3 is 5.97 Å². The fourth-order valence-electron chi connectivity index (χ4n) is 3.12. The maximum Gasteiger partial charge on any atom is 0.341 e. The second-order valence-electron chi connectivity index (χ2n) is 6.29. The van der Waals surface area contributed by atoms with Crippen molar-refractivity contribution in [2.75, 3.05) is 18.5 Å². The summed E-state index contributed by atoms with van der Waals surface area (Å²) in [5.41, 5.74) is 1.79. The molecule has 2 heterocycles. The summed E-state index contributed by atoms with van der Waals surface area (Å²) in [5.74, 6) is -0.266. The fraction of sp³-hybridized carbons (Fsp3) is 0.500. The van der Waals surface area contributed by atoms with Crippen LogP contribution in [0.5, 0.6) is 0 Å². The Morgan fingerprint density at radius 3 is 3.00 bits per heavy atom. The minimum absolute atomic E-state index is 0.266. The molecule has 2 aromatic heterocycles. The van der Waals surface area contributed by atoms with Crippen LogP contribution in [0, 0.1) is 0 Å². The van der Waals surface area contributed by atoms with Crippen molar-refractivity contribution in [3.05, 3.63) is 33.4 Å². The van der Waals surface area contributed by atoms with E-state index in [1.165, 1.54) is 4.88 Å². The summed E-state index contributed by atoms with van der Waals surface area (Å²) in [5, 5.41) is 12.5. The van der Waals surface area contributed by atoms with Gasteiger partial charge in [0.25, 0.3) is 0 Å². The molecule has 3 rings (SSSR count). The first kappa shape index (κ1) is 20.1. The molecule has 0 amide bonds. The molecule has 0 saturated heterocycles. The number of thiocarbonyl (C=S) groups is 1. The average molecular weight is 427 g/mol. The molecule has 0 fully saturated rings. The zero-order valence-electron chi connectivity index (χ0n) is 15.2. The van der Waals surface area contributed by atoms with Gasteiger partial charge in [-0.2, -0.15) is 5.10 Å². The number of nitrogens with zero attached hydrogens (tertiary/aromatic N) is 2. The summed E-state index contributed by atoms with van der Waals surface area (Å²) >= 11 is 12.9. The number of halogens is 1. The zero-order chi connectivity index (χ0) is 19.2. The monoisotopic (exact) mass is 426 g/mol. The lowest BCUT2D eigenvalue weighted by molar-refractivity contribution is 0.0526. The van der Waals surface area contributed by atoms with E-state index in [-0.39, 0.29) is 5.97 Å². The molecule has 2 aromatic rings. The Hall–Kier alpha value is -1.64. The molecule has 1 aliphatic carbocycles. The summed E-state index contributed by atoms with van der Waals surface area (Å²) < 4.78 is 7.07. The van der Waals surface area contributed by atoms with E-state index in [0.717, 1.165) is 49.2 Å². The lowest BCUT2D eigenvalue weighted by Crippen LogP contribution is -2.30. The number of nitrogens with one attached hydrogen (secondary N) is 2. The smallest absolute Gasteiger partial charge is 0.341 e. The van der Waals surface area contributed by atoms with E-state index < -0.39 is 0 Å². The third kappa shape index (κ3) is 5.21. The summed E-state index contributed by atoms with van der Waals surface area (Å²) in [6, 6.07) is 0. The van der Waals surface area contributed by atoms with Crippen LogP contribution in [0.1, 0.15) is 47.0 Å². The van der Waals surface area contributed by atoms with Gasteiger partial charge < -0.3 is 15.4 Å². The summed E-state index contributed by atoms with van der Waals surface area (Å²) in [4.78, 5) is 13.7. The molecule has 0 bridgehead atoms. The fourth-order valence-corrected chi connectivity index (χ4v) is 4.83. The predicted molar refractivity (Wildman–Crippen MR) is 113 cm³/mol. The van der Waals surface area contributed by atoms with Crippen molar-refractivity contribution in [1.82, 2.24) is 15.1 Å². The van der Waals surface area contributed by atoms with Crippen molar-refractivity contribution in [3.63, 3.8) is 0 Å². The maximum absolute atomic E-state index is 12.5. The lowest BCUT2D eigenvalue weighted by atomic mass is 9.95. The Kier molecular flexibility index (Phi) is 7.09. The molecule has 0 spiro atoms. The van der Waals surface area contributed by atoms with E-state index in [9.17, 15) is 4.79 Å². The highest BCUT2D eigenvalue weighted by molar-refractivity contribution is 7.80. The van der Waals surface area contributed by atoms with Crippen molar-refractivity contribution in [1.29, 1.82) is 0 Å². The summed E-state index contributed by atoms with van der Waals surface area (Å²) in [7, 11) is 0. The lowest BCUT2D eigenvalue weighted by Gasteiger charge is -2.13. The maximum atomic E-state index is 12.5. The van der Waals surface area contributed by atoms with E-state index in [1.54, 1.807) is 28.4 Å². The van der Waals surface area contributed by atoms with Crippen LogP contribution in [0.4, 0.5) is 5.00 Å². The molecule has 0 aliphatic heterocycles. The van der Waals surface area contributed by atoms with Gasteiger partial charge in [0.1, 0.15) is 5.00 Å².